The van der Waals surface area contributed by atoms with E-state index in [0.717, 1.165) is 25.3 Å². The lowest BCUT2D eigenvalue weighted by Gasteiger charge is -2.06. The summed E-state index contributed by atoms with van der Waals surface area (Å²) in [6.07, 6.45) is 0.918. The molecule has 1 aliphatic rings. The van der Waals surface area contributed by atoms with Crippen LogP contribution in [0.2, 0.25) is 0 Å². The molecule has 0 amide bonds. The fourth-order valence-electron chi connectivity index (χ4n) is 2.19. The van der Waals surface area contributed by atoms with Gasteiger partial charge < -0.3 is 5.32 Å². The number of hydrogen-bond donors (Lipinski definition) is 1. The molecule has 3 rings (SSSR count). The lowest BCUT2D eigenvalue weighted by atomic mass is 10.0. The second kappa shape index (κ2) is 5.32. The molecule has 1 N–H and O–H groups in total. The molecule has 0 unspecified atom stereocenters. The van der Waals surface area contributed by atoms with Crippen LogP contribution in [0, 0.1) is 0 Å². The minimum absolute atomic E-state index is 0. The van der Waals surface area contributed by atoms with Crippen molar-refractivity contribution in [1.29, 1.82) is 0 Å². The van der Waals surface area contributed by atoms with E-state index in [1.165, 1.54) is 16.3 Å². The third-order valence-corrected chi connectivity index (χ3v) is 2.98. The zero-order valence-corrected chi connectivity index (χ0v) is 11.2. The Morgan fingerprint density at radius 2 is 1.88 bits per heavy atom. The van der Waals surface area contributed by atoms with Gasteiger partial charge in [0.2, 0.25) is 0 Å². The minimum atomic E-state index is 0. The highest BCUT2D eigenvalue weighted by Crippen LogP contribution is 2.19. The summed E-state index contributed by atoms with van der Waals surface area (Å²) in [6.45, 7) is 1.90. The fraction of sp³-hybridized carbons (Fsp3) is 0.214. The molecule has 88 valence electrons. The predicted molar refractivity (Wildman–Crippen MR) is 78.3 cm³/mol. The lowest BCUT2D eigenvalue weighted by Crippen LogP contribution is -2.20. The maximum atomic E-state index is 4.44. The maximum absolute atomic E-state index is 4.44. The minimum Gasteiger partial charge on any atom is -0.372 e. The Morgan fingerprint density at radius 1 is 1.06 bits per heavy atom. The molecule has 0 bridgehead atoms. The first-order valence-electron chi connectivity index (χ1n) is 5.67. The van der Waals surface area contributed by atoms with Gasteiger partial charge >= 0.3 is 0 Å². The summed E-state index contributed by atoms with van der Waals surface area (Å²) >= 11 is 0. The first-order chi connectivity index (χ1) is 7.93. The van der Waals surface area contributed by atoms with Crippen LogP contribution in [0.4, 0.5) is 0 Å². The Bertz CT molecular complexity index is 543. The number of benzene rings is 2. The van der Waals surface area contributed by atoms with E-state index < -0.39 is 0 Å². The van der Waals surface area contributed by atoms with Crippen molar-refractivity contribution < 1.29 is 0 Å². The van der Waals surface area contributed by atoms with E-state index >= 15 is 0 Å². The van der Waals surface area contributed by atoms with Crippen molar-refractivity contribution in [2.24, 2.45) is 4.99 Å². The van der Waals surface area contributed by atoms with Crippen molar-refractivity contribution in [1.82, 2.24) is 5.32 Å². The van der Waals surface area contributed by atoms with Crippen LogP contribution < -0.4 is 5.32 Å². The molecule has 0 spiro atoms. The number of halogens is 1. The highest BCUT2D eigenvalue weighted by Gasteiger charge is 2.07. The van der Waals surface area contributed by atoms with Crippen molar-refractivity contribution >= 4 is 33.6 Å². The summed E-state index contributed by atoms with van der Waals surface area (Å²) in [5.41, 5.74) is 1.35. The summed E-state index contributed by atoms with van der Waals surface area (Å²) < 4.78 is 0. The topological polar surface area (TPSA) is 24.4 Å². The summed E-state index contributed by atoms with van der Waals surface area (Å²) in [7, 11) is 0. The zero-order valence-electron chi connectivity index (χ0n) is 9.52. The highest BCUT2D eigenvalue weighted by atomic mass is 79.9. The van der Waals surface area contributed by atoms with Crippen LogP contribution in [0.5, 0.6) is 0 Å². The first-order valence-corrected chi connectivity index (χ1v) is 5.67. The largest absolute Gasteiger partial charge is 0.372 e. The molecular weight excluding hydrogens is 276 g/mol. The molecular formula is C14H15BrN2. The van der Waals surface area contributed by atoms with Crippen LogP contribution in [0.15, 0.2) is 47.5 Å². The molecule has 2 aromatic carbocycles. The number of amidine groups is 1. The van der Waals surface area contributed by atoms with Crippen molar-refractivity contribution in [2.45, 2.75) is 6.42 Å². The van der Waals surface area contributed by atoms with Crippen molar-refractivity contribution in [3.05, 3.63) is 48.0 Å². The van der Waals surface area contributed by atoms with E-state index in [4.69, 9.17) is 0 Å². The number of hydrogen-bond acceptors (Lipinski definition) is 2. The second-order valence-electron chi connectivity index (χ2n) is 4.07. The molecule has 1 aliphatic heterocycles. The molecule has 2 aromatic rings. The van der Waals surface area contributed by atoms with Gasteiger partial charge in [-0.15, -0.1) is 17.0 Å². The first kappa shape index (κ1) is 12.1. The van der Waals surface area contributed by atoms with E-state index in [0.29, 0.717) is 0 Å². The standard InChI is InChI=1S/C14H14N2.BrH/c1-2-7-13-11(4-1)5-3-6-12(13)10-14-15-8-9-16-14;/h1-7H,8-10H2,(H,15,16);1H. The fourth-order valence-corrected chi connectivity index (χ4v) is 2.19. The number of fused-ring (bicyclic) bond motifs is 1. The normalized spacial score (nSPS) is 14.0. The smallest absolute Gasteiger partial charge is 0.101 e. The monoisotopic (exact) mass is 290 g/mol. The Balaban J connectivity index is 0.00000108. The maximum Gasteiger partial charge on any atom is 0.101 e. The number of rotatable bonds is 2. The van der Waals surface area contributed by atoms with Crippen LogP contribution in [0.3, 0.4) is 0 Å². The van der Waals surface area contributed by atoms with E-state index in [1.807, 2.05) is 0 Å². The summed E-state index contributed by atoms with van der Waals surface area (Å²) in [4.78, 5) is 4.44. The molecule has 0 atom stereocenters. The van der Waals surface area contributed by atoms with Crippen molar-refractivity contribution in [3.8, 4) is 0 Å². The second-order valence-corrected chi connectivity index (χ2v) is 4.07. The number of nitrogens with zero attached hydrogens (tertiary/aromatic N) is 1. The van der Waals surface area contributed by atoms with Gasteiger partial charge in [-0.05, 0) is 16.3 Å². The average Bonchev–Trinajstić information content (AvgIpc) is 2.82. The zero-order chi connectivity index (χ0) is 10.8. The lowest BCUT2D eigenvalue weighted by molar-refractivity contribution is 0.954. The van der Waals surface area contributed by atoms with E-state index in [-0.39, 0.29) is 17.0 Å². The van der Waals surface area contributed by atoms with Crippen LogP contribution in [-0.2, 0) is 6.42 Å². The molecule has 3 heteroatoms. The summed E-state index contributed by atoms with van der Waals surface area (Å²) in [5, 5.41) is 5.96. The molecule has 2 nitrogen and oxygen atoms in total. The van der Waals surface area contributed by atoms with Crippen molar-refractivity contribution in [3.63, 3.8) is 0 Å². The van der Waals surface area contributed by atoms with Gasteiger partial charge in [-0.25, -0.2) is 0 Å². The summed E-state index contributed by atoms with van der Waals surface area (Å²) in [5.74, 6) is 1.12. The van der Waals surface area contributed by atoms with Crippen molar-refractivity contribution in [2.75, 3.05) is 13.1 Å². The number of nitrogens with one attached hydrogen (secondary N) is 1. The van der Waals surface area contributed by atoms with E-state index in [1.54, 1.807) is 0 Å². The van der Waals surface area contributed by atoms with E-state index in [2.05, 4.69) is 52.8 Å². The van der Waals surface area contributed by atoms with Crippen LogP contribution >= 0.6 is 17.0 Å². The summed E-state index contributed by atoms with van der Waals surface area (Å²) in [6, 6.07) is 15.0. The Morgan fingerprint density at radius 3 is 2.71 bits per heavy atom. The molecule has 1 heterocycles. The van der Waals surface area contributed by atoms with E-state index in [9.17, 15) is 0 Å². The Hall–Kier alpha value is -1.35. The van der Waals surface area contributed by atoms with Gasteiger partial charge in [0.25, 0.3) is 0 Å². The molecule has 0 saturated heterocycles. The van der Waals surface area contributed by atoms with Gasteiger partial charge in [0.15, 0.2) is 0 Å². The van der Waals surface area contributed by atoms with Gasteiger partial charge in [0, 0.05) is 13.0 Å². The van der Waals surface area contributed by atoms with Gasteiger partial charge in [-0.3, -0.25) is 4.99 Å². The molecule has 17 heavy (non-hydrogen) atoms. The van der Waals surface area contributed by atoms with Crippen LogP contribution in [-0.4, -0.2) is 18.9 Å². The Kier molecular flexibility index (Phi) is 3.79. The quantitative estimate of drug-likeness (QED) is 0.904. The van der Waals surface area contributed by atoms with Crippen LogP contribution in [0.25, 0.3) is 10.8 Å². The molecule has 0 fully saturated rings. The third kappa shape index (κ3) is 2.50. The van der Waals surface area contributed by atoms with Gasteiger partial charge in [0.05, 0.1) is 6.54 Å². The highest BCUT2D eigenvalue weighted by molar-refractivity contribution is 8.93. The SMILES string of the molecule is Br.c1ccc2c(CC3=NCCN3)cccc2c1. The Labute approximate surface area is 112 Å². The van der Waals surface area contributed by atoms with Gasteiger partial charge in [0.1, 0.15) is 5.84 Å². The number of aliphatic imine (C=N–C) groups is 1. The third-order valence-electron chi connectivity index (χ3n) is 2.98. The molecule has 0 radical (unpaired) electrons. The van der Waals surface area contributed by atoms with Gasteiger partial charge in [-0.1, -0.05) is 42.5 Å². The van der Waals surface area contributed by atoms with Crippen LogP contribution in [0.1, 0.15) is 5.56 Å². The molecule has 0 aromatic heterocycles. The predicted octanol–water partition coefficient (Wildman–Crippen LogP) is 2.96. The van der Waals surface area contributed by atoms with Gasteiger partial charge in [-0.2, -0.15) is 0 Å². The molecule has 0 aliphatic carbocycles. The molecule has 0 saturated carbocycles. The average molecular weight is 291 g/mol.